The molecule has 0 spiro atoms. The van der Waals surface area contributed by atoms with Crippen LogP contribution in [0.25, 0.3) is 0 Å². The molecule has 1 aromatic carbocycles. The number of para-hydroxylation sites is 1. The summed E-state index contributed by atoms with van der Waals surface area (Å²) >= 11 is 0. The lowest BCUT2D eigenvalue weighted by Gasteiger charge is -2.11. The molecule has 1 N–H and O–H groups in total. The van der Waals surface area contributed by atoms with E-state index in [9.17, 15) is 0 Å². The van der Waals surface area contributed by atoms with Gasteiger partial charge in [0.2, 0.25) is 0 Å². The van der Waals surface area contributed by atoms with Crippen molar-refractivity contribution in [1.29, 1.82) is 0 Å². The molecular formula is C12H17N. The predicted molar refractivity (Wildman–Crippen MR) is 58.9 cm³/mol. The maximum absolute atomic E-state index is 3.80. The lowest BCUT2D eigenvalue weighted by Crippen LogP contribution is -2.10. The van der Waals surface area contributed by atoms with Gasteiger partial charge >= 0.3 is 0 Å². The summed E-state index contributed by atoms with van der Waals surface area (Å²) in [5.41, 5.74) is 1.18. The Kier molecular flexibility index (Phi) is 4.10. The molecule has 1 heteroatoms. The molecule has 0 aliphatic heterocycles. The molecule has 0 fully saturated rings. The minimum Gasteiger partial charge on any atom is -0.384 e. The third-order valence-corrected chi connectivity index (χ3v) is 2.20. The molecule has 0 radical (unpaired) electrons. The number of rotatable bonds is 5. The second-order valence-electron chi connectivity index (χ2n) is 3.15. The van der Waals surface area contributed by atoms with E-state index in [1.807, 2.05) is 24.3 Å². The summed E-state index contributed by atoms with van der Waals surface area (Å²) in [6, 6.07) is 10.3. The maximum atomic E-state index is 3.80. The van der Waals surface area contributed by atoms with Gasteiger partial charge in [-0.2, -0.15) is 0 Å². The van der Waals surface area contributed by atoms with Gasteiger partial charge < -0.3 is 5.32 Å². The normalized spacial score (nSPS) is 12.1. The zero-order valence-electron chi connectivity index (χ0n) is 8.16. The molecule has 0 bridgehead atoms. The number of benzene rings is 1. The number of hydrogen-bond donors (Lipinski definition) is 1. The van der Waals surface area contributed by atoms with Gasteiger partial charge in [-0.05, 0) is 24.5 Å². The molecule has 1 aromatic rings. The van der Waals surface area contributed by atoms with E-state index in [4.69, 9.17) is 0 Å². The first-order valence-electron chi connectivity index (χ1n) is 4.78. The Balaban J connectivity index is 2.38. The molecule has 0 aliphatic carbocycles. The molecule has 0 heterocycles. The molecule has 1 rings (SSSR count). The fourth-order valence-corrected chi connectivity index (χ4v) is 1.20. The maximum Gasteiger partial charge on any atom is 0.0340 e. The van der Waals surface area contributed by atoms with Gasteiger partial charge in [-0.15, -0.1) is 6.58 Å². The van der Waals surface area contributed by atoms with E-state index in [1.165, 1.54) is 5.69 Å². The van der Waals surface area contributed by atoms with Gasteiger partial charge in [-0.25, -0.2) is 0 Å². The molecular weight excluding hydrogens is 158 g/mol. The fraction of sp³-hybridized carbons (Fsp3) is 0.333. The van der Waals surface area contributed by atoms with E-state index >= 15 is 0 Å². The van der Waals surface area contributed by atoms with E-state index in [2.05, 4.69) is 31.0 Å². The van der Waals surface area contributed by atoms with Gasteiger partial charge in [-0.1, -0.05) is 31.2 Å². The van der Waals surface area contributed by atoms with E-state index in [0.717, 1.165) is 13.0 Å². The van der Waals surface area contributed by atoms with Crippen LogP contribution in [-0.4, -0.2) is 6.54 Å². The zero-order chi connectivity index (χ0) is 9.52. The molecule has 1 atom stereocenters. The van der Waals surface area contributed by atoms with E-state index in [0.29, 0.717) is 5.92 Å². The minimum atomic E-state index is 0.570. The Morgan fingerprint density at radius 2 is 2.08 bits per heavy atom. The molecule has 1 nitrogen and oxygen atoms in total. The van der Waals surface area contributed by atoms with Crippen LogP contribution in [0.15, 0.2) is 43.0 Å². The first-order chi connectivity index (χ1) is 6.36. The standard InChI is InChI=1S/C12H17N/c1-3-11(4-2)10-13-12-8-6-5-7-9-12/h3,5-9,11,13H,1,4,10H2,2H3. The summed E-state index contributed by atoms with van der Waals surface area (Å²) in [5, 5.41) is 3.38. The molecule has 0 amide bonds. The topological polar surface area (TPSA) is 12.0 Å². The van der Waals surface area contributed by atoms with Crippen LogP contribution < -0.4 is 5.32 Å². The molecule has 0 aromatic heterocycles. The first kappa shape index (κ1) is 9.85. The van der Waals surface area contributed by atoms with Crippen molar-refractivity contribution in [2.45, 2.75) is 13.3 Å². The Morgan fingerprint density at radius 1 is 1.38 bits per heavy atom. The summed E-state index contributed by atoms with van der Waals surface area (Å²) in [6.45, 7) is 6.96. The summed E-state index contributed by atoms with van der Waals surface area (Å²) in [5.74, 6) is 0.570. The summed E-state index contributed by atoms with van der Waals surface area (Å²) in [4.78, 5) is 0. The van der Waals surface area contributed by atoms with Gasteiger partial charge in [0, 0.05) is 12.2 Å². The third kappa shape index (κ3) is 3.32. The second-order valence-corrected chi connectivity index (χ2v) is 3.15. The highest BCUT2D eigenvalue weighted by Crippen LogP contribution is 2.08. The van der Waals surface area contributed by atoms with Crippen molar-refractivity contribution in [1.82, 2.24) is 0 Å². The van der Waals surface area contributed by atoms with Crippen LogP contribution in [0, 0.1) is 5.92 Å². The van der Waals surface area contributed by atoms with Crippen LogP contribution >= 0.6 is 0 Å². The van der Waals surface area contributed by atoms with Crippen LogP contribution in [0.1, 0.15) is 13.3 Å². The molecule has 0 aliphatic rings. The lowest BCUT2D eigenvalue weighted by atomic mass is 10.1. The highest BCUT2D eigenvalue weighted by molar-refractivity contribution is 5.42. The largest absolute Gasteiger partial charge is 0.384 e. The Hall–Kier alpha value is -1.24. The van der Waals surface area contributed by atoms with Crippen LogP contribution in [0.4, 0.5) is 5.69 Å². The minimum absolute atomic E-state index is 0.570. The lowest BCUT2D eigenvalue weighted by molar-refractivity contribution is 0.662. The van der Waals surface area contributed by atoms with E-state index < -0.39 is 0 Å². The van der Waals surface area contributed by atoms with Gasteiger partial charge in [0.05, 0.1) is 0 Å². The van der Waals surface area contributed by atoms with Crippen molar-refractivity contribution in [3.8, 4) is 0 Å². The molecule has 1 unspecified atom stereocenters. The number of nitrogens with one attached hydrogen (secondary N) is 1. The smallest absolute Gasteiger partial charge is 0.0340 e. The number of anilines is 1. The summed E-state index contributed by atoms with van der Waals surface area (Å²) in [7, 11) is 0. The summed E-state index contributed by atoms with van der Waals surface area (Å²) < 4.78 is 0. The van der Waals surface area contributed by atoms with Gasteiger partial charge in [0.25, 0.3) is 0 Å². The monoisotopic (exact) mass is 175 g/mol. The Bertz CT molecular complexity index is 241. The highest BCUT2D eigenvalue weighted by atomic mass is 14.9. The molecule has 0 saturated carbocycles. The average Bonchev–Trinajstić information content (AvgIpc) is 2.21. The van der Waals surface area contributed by atoms with Gasteiger partial charge in [0.15, 0.2) is 0 Å². The quantitative estimate of drug-likeness (QED) is 0.677. The summed E-state index contributed by atoms with van der Waals surface area (Å²) in [6.07, 6.45) is 3.15. The van der Waals surface area contributed by atoms with Crippen LogP contribution in [0.5, 0.6) is 0 Å². The Labute approximate surface area is 80.5 Å². The van der Waals surface area contributed by atoms with Crippen molar-refractivity contribution in [3.05, 3.63) is 43.0 Å². The number of hydrogen-bond acceptors (Lipinski definition) is 1. The van der Waals surface area contributed by atoms with Gasteiger partial charge in [0.1, 0.15) is 0 Å². The molecule has 70 valence electrons. The van der Waals surface area contributed by atoms with Crippen molar-refractivity contribution < 1.29 is 0 Å². The highest BCUT2D eigenvalue weighted by Gasteiger charge is 1.99. The molecule has 0 saturated heterocycles. The van der Waals surface area contributed by atoms with Crippen molar-refractivity contribution in [2.24, 2.45) is 5.92 Å². The zero-order valence-corrected chi connectivity index (χ0v) is 8.16. The van der Waals surface area contributed by atoms with Crippen LogP contribution in [-0.2, 0) is 0 Å². The van der Waals surface area contributed by atoms with E-state index in [1.54, 1.807) is 0 Å². The van der Waals surface area contributed by atoms with Crippen molar-refractivity contribution >= 4 is 5.69 Å². The third-order valence-electron chi connectivity index (χ3n) is 2.20. The first-order valence-corrected chi connectivity index (χ1v) is 4.78. The van der Waals surface area contributed by atoms with Gasteiger partial charge in [-0.3, -0.25) is 0 Å². The SMILES string of the molecule is C=CC(CC)CNc1ccccc1. The fourth-order valence-electron chi connectivity index (χ4n) is 1.20. The van der Waals surface area contributed by atoms with Crippen LogP contribution in [0.2, 0.25) is 0 Å². The van der Waals surface area contributed by atoms with Crippen molar-refractivity contribution in [3.63, 3.8) is 0 Å². The van der Waals surface area contributed by atoms with Crippen LogP contribution in [0.3, 0.4) is 0 Å². The average molecular weight is 175 g/mol. The molecule has 13 heavy (non-hydrogen) atoms. The second kappa shape index (κ2) is 5.41. The van der Waals surface area contributed by atoms with E-state index in [-0.39, 0.29) is 0 Å². The Morgan fingerprint density at radius 3 is 2.62 bits per heavy atom. The van der Waals surface area contributed by atoms with Crippen molar-refractivity contribution in [2.75, 3.05) is 11.9 Å². The predicted octanol–water partition coefficient (Wildman–Crippen LogP) is 3.31.